The summed E-state index contributed by atoms with van der Waals surface area (Å²) in [7, 11) is 0. The molecule has 0 radical (unpaired) electrons. The molecule has 3 heterocycles. The van der Waals surface area contributed by atoms with Crippen molar-refractivity contribution in [2.24, 2.45) is 17.8 Å². The van der Waals surface area contributed by atoms with Crippen molar-refractivity contribution in [1.82, 2.24) is 19.4 Å². The van der Waals surface area contributed by atoms with Gasteiger partial charge in [0.15, 0.2) is 5.58 Å². The molecule has 0 spiro atoms. The SMILES string of the molecule is CCCn1c(=O)oc2cc(NC(=O)CN3C[C@H]4CCC[C@H](Cc5cncnc5)[C@H]4C3)ccc21. The van der Waals surface area contributed by atoms with Gasteiger partial charge in [0.2, 0.25) is 5.91 Å². The summed E-state index contributed by atoms with van der Waals surface area (Å²) in [5.41, 5.74) is 3.13. The summed E-state index contributed by atoms with van der Waals surface area (Å²) in [6.07, 6.45) is 11.0. The molecule has 1 saturated heterocycles. The average Bonchev–Trinajstić information content (AvgIpc) is 3.35. The molecule has 33 heavy (non-hydrogen) atoms. The molecule has 0 bridgehead atoms. The molecule has 2 aromatic heterocycles. The summed E-state index contributed by atoms with van der Waals surface area (Å²) in [6, 6.07) is 5.42. The van der Waals surface area contributed by atoms with Crippen LogP contribution in [0.1, 0.15) is 38.2 Å². The Balaban J connectivity index is 1.20. The smallest absolute Gasteiger partial charge is 0.408 e. The molecule has 2 fully saturated rings. The van der Waals surface area contributed by atoms with Crippen molar-refractivity contribution in [2.75, 3.05) is 25.0 Å². The van der Waals surface area contributed by atoms with E-state index in [4.69, 9.17) is 4.42 Å². The summed E-state index contributed by atoms with van der Waals surface area (Å²) in [5.74, 6) is 1.52. The van der Waals surface area contributed by atoms with E-state index < -0.39 is 0 Å². The number of rotatable bonds is 7. The van der Waals surface area contributed by atoms with Crippen LogP contribution in [0.2, 0.25) is 0 Å². The summed E-state index contributed by atoms with van der Waals surface area (Å²) >= 11 is 0. The first-order valence-electron chi connectivity index (χ1n) is 12.0. The van der Waals surface area contributed by atoms with Gasteiger partial charge >= 0.3 is 5.76 Å². The maximum Gasteiger partial charge on any atom is 0.419 e. The van der Waals surface area contributed by atoms with Crippen LogP contribution in [0.4, 0.5) is 5.69 Å². The lowest BCUT2D eigenvalue weighted by Gasteiger charge is -2.33. The van der Waals surface area contributed by atoms with Crippen LogP contribution in [-0.2, 0) is 17.8 Å². The minimum atomic E-state index is -0.355. The molecule has 1 amide bonds. The number of hydrogen-bond donors (Lipinski definition) is 1. The zero-order valence-corrected chi connectivity index (χ0v) is 19.1. The third kappa shape index (κ3) is 4.71. The number of aryl methyl sites for hydroxylation is 1. The van der Waals surface area contributed by atoms with Gasteiger partial charge in [-0.25, -0.2) is 14.8 Å². The Morgan fingerprint density at radius 3 is 2.88 bits per heavy atom. The molecule has 3 aromatic rings. The highest BCUT2D eigenvalue weighted by molar-refractivity contribution is 5.94. The van der Waals surface area contributed by atoms with Crippen LogP contribution in [-0.4, -0.2) is 45.0 Å². The molecular formula is C25H31N5O3. The number of oxazole rings is 1. The van der Waals surface area contributed by atoms with Crippen LogP contribution < -0.4 is 11.1 Å². The molecule has 5 rings (SSSR count). The van der Waals surface area contributed by atoms with Crippen molar-refractivity contribution >= 4 is 22.7 Å². The van der Waals surface area contributed by atoms with Crippen molar-refractivity contribution in [3.05, 3.63) is 53.0 Å². The van der Waals surface area contributed by atoms with Crippen LogP contribution >= 0.6 is 0 Å². The largest absolute Gasteiger partial charge is 0.419 e. The Hall–Kier alpha value is -3.00. The first-order valence-corrected chi connectivity index (χ1v) is 12.0. The molecule has 1 aromatic carbocycles. The molecular weight excluding hydrogens is 418 g/mol. The molecule has 8 nitrogen and oxygen atoms in total. The number of benzene rings is 1. The van der Waals surface area contributed by atoms with Gasteiger partial charge in [0.1, 0.15) is 6.33 Å². The van der Waals surface area contributed by atoms with Crippen LogP contribution in [0.25, 0.3) is 11.1 Å². The average molecular weight is 450 g/mol. The van der Waals surface area contributed by atoms with Crippen molar-refractivity contribution in [2.45, 2.75) is 45.6 Å². The predicted octanol–water partition coefficient (Wildman–Crippen LogP) is 3.32. The highest BCUT2D eigenvalue weighted by atomic mass is 16.4. The summed E-state index contributed by atoms with van der Waals surface area (Å²) in [5, 5.41) is 2.99. The Labute approximate surface area is 193 Å². The van der Waals surface area contributed by atoms with Gasteiger partial charge in [-0.2, -0.15) is 0 Å². The fourth-order valence-corrected chi connectivity index (χ4v) is 5.79. The lowest BCUT2D eigenvalue weighted by molar-refractivity contribution is -0.117. The first kappa shape index (κ1) is 21.8. The Morgan fingerprint density at radius 2 is 2.06 bits per heavy atom. The van der Waals surface area contributed by atoms with E-state index in [-0.39, 0.29) is 11.7 Å². The monoisotopic (exact) mass is 449 g/mol. The second-order valence-corrected chi connectivity index (χ2v) is 9.51. The van der Waals surface area contributed by atoms with E-state index in [1.165, 1.54) is 24.8 Å². The Morgan fingerprint density at radius 1 is 1.21 bits per heavy atom. The minimum Gasteiger partial charge on any atom is -0.408 e. The third-order valence-electron chi connectivity index (χ3n) is 7.20. The summed E-state index contributed by atoms with van der Waals surface area (Å²) < 4.78 is 7.00. The maximum absolute atomic E-state index is 12.8. The molecule has 1 aliphatic carbocycles. The summed E-state index contributed by atoms with van der Waals surface area (Å²) in [6.45, 7) is 4.96. The van der Waals surface area contributed by atoms with Crippen molar-refractivity contribution in [1.29, 1.82) is 0 Å². The highest BCUT2D eigenvalue weighted by Crippen LogP contribution is 2.41. The van der Waals surface area contributed by atoms with E-state index in [2.05, 4.69) is 20.2 Å². The molecule has 1 aliphatic heterocycles. The van der Waals surface area contributed by atoms with E-state index in [1.807, 2.05) is 31.5 Å². The molecule has 2 aliphatic rings. The van der Waals surface area contributed by atoms with Gasteiger partial charge in [-0.3, -0.25) is 14.3 Å². The number of carbonyl (C=O) groups is 1. The lowest BCUT2D eigenvalue weighted by atomic mass is 9.72. The fourth-order valence-electron chi connectivity index (χ4n) is 5.79. The van der Waals surface area contributed by atoms with Gasteiger partial charge in [-0.15, -0.1) is 0 Å². The quantitative estimate of drug-likeness (QED) is 0.595. The Kier molecular flexibility index (Phi) is 6.26. The van der Waals surface area contributed by atoms with Crippen LogP contribution in [0, 0.1) is 17.8 Å². The number of nitrogens with zero attached hydrogens (tertiary/aromatic N) is 4. The number of likely N-dealkylation sites (tertiary alicyclic amines) is 1. The van der Waals surface area contributed by atoms with Gasteiger partial charge in [0.25, 0.3) is 0 Å². The van der Waals surface area contributed by atoms with Crippen LogP contribution in [0.3, 0.4) is 0 Å². The van der Waals surface area contributed by atoms with Gasteiger partial charge in [0.05, 0.1) is 12.1 Å². The van der Waals surface area contributed by atoms with Crippen molar-refractivity contribution < 1.29 is 9.21 Å². The fraction of sp³-hybridized carbons (Fsp3) is 0.520. The number of aromatic nitrogens is 3. The van der Waals surface area contributed by atoms with E-state index >= 15 is 0 Å². The maximum atomic E-state index is 12.8. The Bertz CT molecular complexity index is 1170. The zero-order valence-electron chi connectivity index (χ0n) is 19.1. The standard InChI is InChI=1S/C25H31N5O3/c1-2-8-30-22-7-6-20(10-23(22)33-25(30)32)28-24(31)15-29-13-19-5-3-4-18(21(19)14-29)9-17-11-26-16-27-12-17/h6-7,10-12,16,18-19,21H,2-5,8-9,13-15H2,1H3,(H,28,31)/t18-,19-,21-/m1/s1. The van der Waals surface area contributed by atoms with E-state index in [0.717, 1.165) is 31.4 Å². The number of nitrogens with one attached hydrogen (secondary N) is 1. The topological polar surface area (TPSA) is 93.3 Å². The molecule has 0 unspecified atom stereocenters. The van der Waals surface area contributed by atoms with Gasteiger partial charge in [0, 0.05) is 43.8 Å². The van der Waals surface area contributed by atoms with E-state index in [0.29, 0.717) is 42.1 Å². The first-order chi connectivity index (χ1) is 16.1. The highest BCUT2D eigenvalue weighted by Gasteiger charge is 2.40. The minimum absolute atomic E-state index is 0.0312. The molecule has 174 valence electrons. The van der Waals surface area contributed by atoms with E-state index in [9.17, 15) is 9.59 Å². The zero-order chi connectivity index (χ0) is 22.8. The number of anilines is 1. The molecule has 8 heteroatoms. The number of fused-ring (bicyclic) bond motifs is 2. The van der Waals surface area contributed by atoms with Gasteiger partial charge in [-0.1, -0.05) is 13.3 Å². The second-order valence-electron chi connectivity index (χ2n) is 9.51. The molecule has 1 saturated carbocycles. The van der Waals surface area contributed by atoms with Gasteiger partial charge < -0.3 is 9.73 Å². The third-order valence-corrected chi connectivity index (χ3v) is 7.20. The van der Waals surface area contributed by atoms with Crippen molar-refractivity contribution in [3.8, 4) is 0 Å². The van der Waals surface area contributed by atoms with Crippen LogP contribution in [0.5, 0.6) is 0 Å². The van der Waals surface area contributed by atoms with E-state index in [1.54, 1.807) is 17.0 Å². The van der Waals surface area contributed by atoms with Crippen molar-refractivity contribution in [3.63, 3.8) is 0 Å². The van der Waals surface area contributed by atoms with Gasteiger partial charge in [-0.05, 0) is 61.1 Å². The summed E-state index contributed by atoms with van der Waals surface area (Å²) in [4.78, 5) is 35.5. The number of amides is 1. The number of carbonyl (C=O) groups excluding carboxylic acids is 1. The lowest BCUT2D eigenvalue weighted by Crippen LogP contribution is -2.32. The van der Waals surface area contributed by atoms with Crippen LogP contribution in [0.15, 0.2) is 46.1 Å². The predicted molar refractivity (Wildman–Crippen MR) is 126 cm³/mol. The molecule has 3 atom stereocenters. The number of hydrogen-bond acceptors (Lipinski definition) is 6. The normalized spacial score (nSPS) is 23.0. The molecule has 1 N–H and O–H groups in total. The second kappa shape index (κ2) is 9.47.